The van der Waals surface area contributed by atoms with Crippen LogP contribution in [0, 0.1) is 0 Å². The normalized spacial score (nSPS) is 15.8. The fourth-order valence-corrected chi connectivity index (χ4v) is 3.12. The van der Waals surface area contributed by atoms with E-state index in [-0.39, 0.29) is 16.3 Å². The average molecular weight is 321 g/mol. The number of aliphatic hydroxyl groups is 1. The standard InChI is InChI=1S/C12H19NO5S2/c1-4-12(2,14)9-13-20(17,18)11-7-5-10(6-8-11)19(3,15)16/h5-8,13-14H,4,9H2,1-3H3. The van der Waals surface area contributed by atoms with Gasteiger partial charge in [0.05, 0.1) is 15.4 Å². The van der Waals surface area contributed by atoms with Crippen LogP contribution in [-0.4, -0.2) is 40.3 Å². The molecule has 1 atom stereocenters. The minimum Gasteiger partial charge on any atom is -0.389 e. The molecule has 114 valence electrons. The lowest BCUT2D eigenvalue weighted by atomic mass is 10.1. The largest absolute Gasteiger partial charge is 0.389 e. The summed E-state index contributed by atoms with van der Waals surface area (Å²) in [4.78, 5) is 0.00816. The van der Waals surface area contributed by atoms with E-state index in [0.717, 1.165) is 6.26 Å². The van der Waals surface area contributed by atoms with Crippen molar-refractivity contribution in [2.24, 2.45) is 0 Å². The summed E-state index contributed by atoms with van der Waals surface area (Å²) in [6, 6.07) is 4.92. The van der Waals surface area contributed by atoms with Crippen molar-refractivity contribution in [2.45, 2.75) is 35.7 Å². The molecule has 0 heterocycles. The first-order chi connectivity index (χ1) is 8.98. The van der Waals surface area contributed by atoms with E-state index in [1.807, 2.05) is 0 Å². The fraction of sp³-hybridized carbons (Fsp3) is 0.500. The van der Waals surface area contributed by atoms with Crippen LogP contribution in [-0.2, 0) is 19.9 Å². The molecular formula is C12H19NO5S2. The van der Waals surface area contributed by atoms with Gasteiger partial charge in [0.1, 0.15) is 0 Å². The Morgan fingerprint density at radius 1 is 1.10 bits per heavy atom. The molecule has 0 fully saturated rings. The van der Waals surface area contributed by atoms with Gasteiger partial charge in [0.2, 0.25) is 10.0 Å². The zero-order valence-corrected chi connectivity index (χ0v) is 13.3. The van der Waals surface area contributed by atoms with Crippen LogP contribution in [0.4, 0.5) is 0 Å². The maximum atomic E-state index is 12.0. The van der Waals surface area contributed by atoms with Crippen LogP contribution in [0.2, 0.25) is 0 Å². The van der Waals surface area contributed by atoms with Crippen molar-refractivity contribution < 1.29 is 21.9 Å². The molecule has 0 radical (unpaired) electrons. The molecule has 0 amide bonds. The van der Waals surface area contributed by atoms with E-state index in [0.29, 0.717) is 6.42 Å². The van der Waals surface area contributed by atoms with Gasteiger partial charge < -0.3 is 5.11 Å². The Hall–Kier alpha value is -0.960. The highest BCUT2D eigenvalue weighted by molar-refractivity contribution is 7.90. The van der Waals surface area contributed by atoms with E-state index in [9.17, 15) is 21.9 Å². The molecule has 8 heteroatoms. The topological polar surface area (TPSA) is 101 Å². The first-order valence-corrected chi connectivity index (χ1v) is 9.37. The summed E-state index contributed by atoms with van der Waals surface area (Å²) < 4.78 is 48.8. The molecule has 0 bridgehead atoms. The molecule has 1 unspecified atom stereocenters. The van der Waals surface area contributed by atoms with E-state index in [4.69, 9.17) is 0 Å². The number of sulfonamides is 1. The zero-order chi connectivity index (χ0) is 15.6. The molecular weight excluding hydrogens is 302 g/mol. The van der Waals surface area contributed by atoms with Gasteiger partial charge in [0.15, 0.2) is 9.84 Å². The van der Waals surface area contributed by atoms with E-state index in [2.05, 4.69) is 4.72 Å². The Morgan fingerprint density at radius 3 is 1.95 bits per heavy atom. The van der Waals surface area contributed by atoms with Gasteiger partial charge in [-0.05, 0) is 37.6 Å². The van der Waals surface area contributed by atoms with Gasteiger partial charge in [-0.25, -0.2) is 21.6 Å². The summed E-state index contributed by atoms with van der Waals surface area (Å²) in [6.07, 6.45) is 1.45. The quantitative estimate of drug-likeness (QED) is 0.796. The van der Waals surface area contributed by atoms with Gasteiger partial charge in [-0.3, -0.25) is 0 Å². The molecule has 0 spiro atoms. The maximum absolute atomic E-state index is 12.0. The van der Waals surface area contributed by atoms with Crippen molar-refractivity contribution in [3.05, 3.63) is 24.3 Å². The van der Waals surface area contributed by atoms with Crippen molar-refractivity contribution in [2.75, 3.05) is 12.8 Å². The van der Waals surface area contributed by atoms with E-state index in [1.165, 1.54) is 31.2 Å². The van der Waals surface area contributed by atoms with E-state index in [1.54, 1.807) is 6.92 Å². The Morgan fingerprint density at radius 2 is 1.55 bits per heavy atom. The molecule has 1 aromatic rings. The minimum atomic E-state index is -3.77. The third-order valence-electron chi connectivity index (χ3n) is 2.97. The van der Waals surface area contributed by atoms with Gasteiger partial charge in [-0.1, -0.05) is 6.92 Å². The van der Waals surface area contributed by atoms with Crippen molar-refractivity contribution in [3.8, 4) is 0 Å². The van der Waals surface area contributed by atoms with Crippen LogP contribution in [0.3, 0.4) is 0 Å². The third-order valence-corrected chi connectivity index (χ3v) is 5.51. The SMILES string of the molecule is CCC(C)(O)CNS(=O)(=O)c1ccc(S(C)(=O)=O)cc1. The summed E-state index contributed by atoms with van der Waals surface area (Å²) in [5.74, 6) is 0. The minimum absolute atomic E-state index is 0.0446. The molecule has 1 aromatic carbocycles. The number of nitrogens with one attached hydrogen (secondary N) is 1. The maximum Gasteiger partial charge on any atom is 0.240 e. The van der Waals surface area contributed by atoms with Gasteiger partial charge >= 0.3 is 0 Å². The average Bonchev–Trinajstić information content (AvgIpc) is 2.36. The highest BCUT2D eigenvalue weighted by Gasteiger charge is 2.22. The molecule has 0 aliphatic heterocycles. The molecule has 2 N–H and O–H groups in total. The number of hydrogen-bond donors (Lipinski definition) is 2. The summed E-state index contributed by atoms with van der Waals surface area (Å²) in [5, 5.41) is 9.78. The number of benzene rings is 1. The molecule has 1 rings (SSSR count). The van der Waals surface area contributed by atoms with Crippen LogP contribution in [0.15, 0.2) is 34.1 Å². The lowest BCUT2D eigenvalue weighted by Gasteiger charge is -2.21. The van der Waals surface area contributed by atoms with Crippen molar-refractivity contribution in [1.82, 2.24) is 4.72 Å². The summed E-state index contributed by atoms with van der Waals surface area (Å²) in [6.45, 7) is 3.16. The first-order valence-electron chi connectivity index (χ1n) is 6.00. The Kier molecular flexibility index (Phi) is 4.96. The Bertz CT molecular complexity index is 660. The predicted molar refractivity (Wildman–Crippen MR) is 75.7 cm³/mol. The number of sulfone groups is 1. The van der Waals surface area contributed by atoms with Gasteiger partial charge in [-0.2, -0.15) is 0 Å². The summed E-state index contributed by atoms with van der Waals surface area (Å²) in [7, 11) is -7.13. The molecule has 0 aliphatic rings. The van der Waals surface area contributed by atoms with E-state index < -0.39 is 25.5 Å². The zero-order valence-electron chi connectivity index (χ0n) is 11.6. The molecule has 20 heavy (non-hydrogen) atoms. The van der Waals surface area contributed by atoms with Gasteiger partial charge in [-0.15, -0.1) is 0 Å². The van der Waals surface area contributed by atoms with Crippen molar-refractivity contribution >= 4 is 19.9 Å². The second-order valence-corrected chi connectivity index (χ2v) is 8.70. The highest BCUT2D eigenvalue weighted by Crippen LogP contribution is 2.15. The number of hydrogen-bond acceptors (Lipinski definition) is 5. The first kappa shape index (κ1) is 17.1. The lowest BCUT2D eigenvalue weighted by Crippen LogP contribution is -2.40. The summed E-state index contributed by atoms with van der Waals surface area (Å²) in [5.41, 5.74) is -1.13. The third kappa shape index (κ3) is 4.55. The van der Waals surface area contributed by atoms with Crippen LogP contribution in [0.1, 0.15) is 20.3 Å². The van der Waals surface area contributed by atoms with Crippen LogP contribution in [0.25, 0.3) is 0 Å². The molecule has 0 aromatic heterocycles. The Balaban J connectivity index is 2.94. The second-order valence-electron chi connectivity index (χ2n) is 4.92. The van der Waals surface area contributed by atoms with Crippen molar-refractivity contribution in [3.63, 3.8) is 0 Å². The van der Waals surface area contributed by atoms with Gasteiger partial charge in [0, 0.05) is 12.8 Å². The van der Waals surface area contributed by atoms with Crippen LogP contribution >= 0.6 is 0 Å². The van der Waals surface area contributed by atoms with E-state index >= 15 is 0 Å². The van der Waals surface area contributed by atoms with Crippen LogP contribution < -0.4 is 4.72 Å². The fourth-order valence-electron chi connectivity index (χ4n) is 1.32. The molecule has 0 saturated carbocycles. The Labute approximate surface area is 119 Å². The highest BCUT2D eigenvalue weighted by atomic mass is 32.2. The van der Waals surface area contributed by atoms with Gasteiger partial charge in [0.25, 0.3) is 0 Å². The molecule has 0 aliphatic carbocycles. The second kappa shape index (κ2) is 5.80. The number of rotatable bonds is 6. The lowest BCUT2D eigenvalue weighted by molar-refractivity contribution is 0.0613. The van der Waals surface area contributed by atoms with Crippen molar-refractivity contribution in [1.29, 1.82) is 0 Å². The smallest absolute Gasteiger partial charge is 0.240 e. The van der Waals surface area contributed by atoms with Crippen LogP contribution in [0.5, 0.6) is 0 Å². The molecule has 0 saturated heterocycles. The monoisotopic (exact) mass is 321 g/mol. The predicted octanol–water partition coefficient (Wildman–Crippen LogP) is 0.529. The summed E-state index contributed by atoms with van der Waals surface area (Å²) >= 11 is 0. The molecule has 6 nitrogen and oxygen atoms in total.